The van der Waals surface area contributed by atoms with Crippen molar-refractivity contribution in [2.45, 2.75) is 206 Å². The molecule has 137 heavy (non-hydrogen) atoms. The second kappa shape index (κ2) is 34.9. The van der Waals surface area contributed by atoms with Crippen LogP contribution >= 0.6 is 11.3 Å². The number of pyridine rings is 1. The van der Waals surface area contributed by atoms with Gasteiger partial charge in [0.15, 0.2) is 5.78 Å². The number of aliphatic imine (C=N–C) groups is 2. The van der Waals surface area contributed by atoms with Gasteiger partial charge in [-0.3, -0.25) is 14.8 Å². The molecule has 15 aliphatic rings. The topological polar surface area (TPSA) is 139 Å². The number of allylic oxidation sites excluding steroid dienone is 3. The van der Waals surface area contributed by atoms with Gasteiger partial charge in [-0.1, -0.05) is 255 Å². The summed E-state index contributed by atoms with van der Waals surface area (Å²) in [5.41, 5.74) is 35.8. The number of ketones is 1. The number of carbonyl (C=O) groups excluding carboxylic acids is 1. The van der Waals surface area contributed by atoms with Crippen LogP contribution in [0.1, 0.15) is 260 Å². The van der Waals surface area contributed by atoms with Crippen molar-refractivity contribution in [3.63, 3.8) is 0 Å². The number of carbonyl (C=O) groups is 1. The summed E-state index contributed by atoms with van der Waals surface area (Å²) in [5.74, 6) is 5.01. The number of imidazole rings is 1. The average molecular weight is 2010 g/mol. The van der Waals surface area contributed by atoms with E-state index in [1.807, 2.05) is 29.8 Å². The molecule has 28 rings (SSSR count). The number of aryl methyl sites for hydroxylation is 2. The van der Waals surface area contributed by atoms with Gasteiger partial charge < -0.3 is 54.6 Å². The Morgan fingerprint density at radius 1 is 0.569 bits per heavy atom. The van der Waals surface area contributed by atoms with Gasteiger partial charge in [-0.25, -0.2) is 9.56 Å². The molecule has 13 aromatic rings. The molecule has 18 nitrogen and oxygen atoms in total. The number of nitrogens with zero attached hydrogens (tertiary/aromatic N) is 16. The van der Waals surface area contributed by atoms with Crippen molar-refractivity contribution in [1.29, 1.82) is 0 Å². The number of hydrogen-bond acceptors (Lipinski definition) is 16. The average Bonchev–Trinajstić information content (AvgIpc) is 1.53. The first-order valence-corrected chi connectivity index (χ1v) is 48.3. The summed E-state index contributed by atoms with van der Waals surface area (Å²) in [7, 11) is 0. The summed E-state index contributed by atoms with van der Waals surface area (Å²) in [6, 6.07) is 75.9. The van der Waals surface area contributed by atoms with Gasteiger partial charge in [0.2, 0.25) is 0 Å². The van der Waals surface area contributed by atoms with Crippen molar-refractivity contribution in [2.75, 3.05) is 14.7 Å². The molecule has 0 saturated heterocycles. The summed E-state index contributed by atoms with van der Waals surface area (Å²) >= 11 is 1.91. The van der Waals surface area contributed by atoms with Crippen molar-refractivity contribution in [2.24, 2.45) is 25.9 Å². The van der Waals surface area contributed by atoms with Crippen molar-refractivity contribution >= 4 is 108 Å². The van der Waals surface area contributed by atoms with E-state index in [1.54, 1.807) is 0 Å². The Labute approximate surface area is 823 Å². The molecule has 10 aromatic carbocycles. The Morgan fingerprint density at radius 2 is 1.19 bits per heavy atom. The summed E-state index contributed by atoms with van der Waals surface area (Å²) in [5, 5.41) is 22.7. The van der Waals surface area contributed by atoms with E-state index in [1.165, 1.54) is 169 Å². The first-order chi connectivity index (χ1) is 65.0. The smallest absolute Gasteiger partial charge is 0.294 e. The van der Waals surface area contributed by atoms with Gasteiger partial charge in [0, 0.05) is 176 Å². The van der Waals surface area contributed by atoms with Crippen LogP contribution in [-0.2, 0) is 63.0 Å². The molecular weight excluding hydrogens is 1890 g/mol. The number of hydrazone groups is 1. The second-order valence-electron chi connectivity index (χ2n) is 41.3. The van der Waals surface area contributed by atoms with E-state index < -0.39 is 0 Å². The third kappa shape index (κ3) is 15.8. The predicted molar refractivity (Wildman–Crippen MR) is 557 cm³/mol. The number of rotatable bonds is 5. The van der Waals surface area contributed by atoms with E-state index in [2.05, 4.69) is 424 Å². The quantitative estimate of drug-likeness (QED) is 0.0759. The number of hydrogen-bond donors (Lipinski definition) is 1. The fourth-order valence-electron chi connectivity index (χ4n) is 21.9. The van der Waals surface area contributed by atoms with Gasteiger partial charge in [0.1, 0.15) is 67.3 Å². The van der Waals surface area contributed by atoms with Crippen molar-refractivity contribution in [3.05, 3.63) is 385 Å². The first-order valence-electron chi connectivity index (χ1n) is 47.5. The zero-order chi connectivity index (χ0) is 93.3. The van der Waals surface area contributed by atoms with Gasteiger partial charge in [0.05, 0.1) is 34.9 Å². The summed E-state index contributed by atoms with van der Waals surface area (Å²) in [6.07, 6.45) is 28.6. The fraction of sp³-hybridized carbons (Fsp3) is 0.282. The minimum atomic E-state index is -0.135. The van der Waals surface area contributed by atoms with E-state index in [-0.39, 0.29) is 61.5 Å². The Balaban J connectivity index is 0.000000101. The number of amidine groups is 2. The number of benzene rings is 10. The Bertz CT molecular complexity index is 7240. The predicted octanol–water partition coefficient (Wildman–Crippen LogP) is 27.8. The maximum absolute atomic E-state index is 10.0. The van der Waals surface area contributed by atoms with Gasteiger partial charge >= 0.3 is 0 Å². The van der Waals surface area contributed by atoms with Crippen LogP contribution in [0.4, 0.5) is 34.3 Å². The third-order valence-corrected chi connectivity index (χ3v) is 29.4. The van der Waals surface area contributed by atoms with Crippen molar-refractivity contribution in [1.82, 2.24) is 39.1 Å². The molecule has 20 heteroatoms. The molecule has 0 bridgehead atoms. The molecule has 5 unspecified atom stereocenters. The number of thiophene rings is 1. The molecule has 1 radical (unpaired) electrons. The van der Waals surface area contributed by atoms with Crippen molar-refractivity contribution in [3.8, 4) is 17.1 Å². The molecule has 1 N–H and O–H groups in total. The molecule has 695 valence electrons. The molecule has 5 atom stereocenters. The molecule has 0 saturated carbocycles. The standard InChI is InChI=1S/C28H27N2S.C23H28N4.C20H20N2.C17H13N3.C12H10N2.C11H9N3.C5H8O2.CH4.Ir/c1-17(2)20-9-7-10-21(18(3)4)27(20)30-13-12-29-16-19-14-26-24(15-23(19)28(29)30)22-8-5-6-11-25(22)31-26;1-13-11-16-17(12-14(13)2)27-20(24-16)15-9-10-18(22(3,4)5)25-19(15)26-21(27)23(6,7)8;1-20(2,3)17-11-13-7-6-8-14-12-21-15-9-4-5-10-16(15)22(17)19(21)18(13)14;1-2-5-12(6-3-1)16-18-14-8-4-7-13-11-19-9-10-20(16)17(19)15(13)14;1-2-9-4-5-13-6-7-14-8-10(3-1)11(9)12(13)14;1-2-8-4-5-13-7-12-14-6-9(3-1)10(8)11(13)14;1-4(6)3-5(2)7;;/h5-15,17-18H,16H2,1-4H3;10-12,20H,1-8H3;4-11,19H,12H2,1-3H3;1-10,17H,11H2;1-7,12H,8H2;1-5,7,11H,6H2;3,6H,1-2H3;1H4;/q+1;-2;;;;;;;. The minimum absolute atomic E-state index is 0. The number of aliphatic hydroxyl groups is 1. The van der Waals surface area contributed by atoms with Gasteiger partial charge in [-0.2, -0.15) is 21.8 Å². The molecule has 0 aliphatic carbocycles. The van der Waals surface area contributed by atoms with Crippen LogP contribution in [0, 0.1) is 30.7 Å². The van der Waals surface area contributed by atoms with Crippen LogP contribution in [0.3, 0.4) is 0 Å². The van der Waals surface area contributed by atoms with E-state index in [4.69, 9.17) is 25.4 Å². The van der Waals surface area contributed by atoms with E-state index in [0.29, 0.717) is 36.5 Å². The van der Waals surface area contributed by atoms with Crippen LogP contribution in [0.25, 0.3) is 60.8 Å². The monoisotopic (exact) mass is 2000 g/mol. The Morgan fingerprint density at radius 3 is 1.88 bits per heavy atom. The normalized spacial score (nSPS) is 18.6. The maximum atomic E-state index is 10.0. The van der Waals surface area contributed by atoms with E-state index in [0.717, 1.165) is 78.5 Å². The van der Waals surface area contributed by atoms with Gasteiger partial charge in [-0.05, 0) is 162 Å². The van der Waals surface area contributed by atoms with E-state index in [9.17, 15) is 4.79 Å². The first kappa shape index (κ1) is 91.1. The number of para-hydroxylation sites is 3. The van der Waals surface area contributed by atoms with Crippen LogP contribution in [-0.4, -0.2) is 68.0 Å². The zero-order valence-electron chi connectivity index (χ0n) is 80.4. The number of anilines is 3. The maximum Gasteiger partial charge on any atom is 0.294 e. The minimum Gasteiger partial charge on any atom is -0.661 e. The Kier molecular flexibility index (Phi) is 23.2. The van der Waals surface area contributed by atoms with Crippen LogP contribution in [0.5, 0.6) is 0 Å². The SMILES string of the molecule is C.C1=CN2C(c3ccccc3)=Nc3cccc4c3C2N1C4.C1=CN2C=CN3Cc4cccc1c4C23.C1=CN2C=NN3Cc4cccc1c4C23.CC(=O)C=C(C)O.CC(C)(C)C1=Cc2cccc3c2C2N(C3)c3ccccc3N12.CC(C)c1cccc(C(C)C)c1-n1cc[n+]2c1-c1cc3c(cc1C2)sc1ccccc13.Cc1cc2c(cc1C)N1C(C(C)(C)C)=Nc3nc(C(C)(C)C)c[c-]c3C1[N-]2.[Ir]. The summed E-state index contributed by atoms with van der Waals surface area (Å²) in [6.45, 7) is 41.3. The molecule has 0 fully saturated rings. The van der Waals surface area contributed by atoms with Gasteiger partial charge in [0.25, 0.3) is 5.82 Å². The number of aromatic nitrogens is 3. The van der Waals surface area contributed by atoms with E-state index >= 15 is 0 Å². The Hall–Kier alpha value is -13.7. The molecule has 0 spiro atoms. The van der Waals surface area contributed by atoms with Crippen molar-refractivity contribution < 1.29 is 34.6 Å². The van der Waals surface area contributed by atoms with Gasteiger partial charge in [-0.15, -0.1) is 22.6 Å². The second-order valence-corrected chi connectivity index (χ2v) is 42.4. The third-order valence-electron chi connectivity index (χ3n) is 28.3. The molecule has 15 aliphatic heterocycles. The summed E-state index contributed by atoms with van der Waals surface area (Å²) in [4.78, 5) is 43.7. The fourth-order valence-corrected chi connectivity index (χ4v) is 23.0. The summed E-state index contributed by atoms with van der Waals surface area (Å²) < 4.78 is 7.63. The molecule has 0 amide bonds. The molecular formula is C117H119IrN16O2S-. The number of aliphatic hydroxyl groups excluding tert-OH is 1. The number of fused-ring (bicyclic) bond motifs is 14. The van der Waals surface area contributed by atoms with Crippen LogP contribution in [0.15, 0.2) is 282 Å². The zero-order valence-corrected chi connectivity index (χ0v) is 83.6. The molecule has 3 aromatic heterocycles. The van der Waals surface area contributed by atoms with Crippen LogP contribution < -0.4 is 19.3 Å². The largest absolute Gasteiger partial charge is 0.661 e. The molecule has 18 heterocycles. The van der Waals surface area contributed by atoms with Crippen LogP contribution in [0.2, 0.25) is 0 Å².